The van der Waals surface area contributed by atoms with Gasteiger partial charge in [-0.2, -0.15) is 4.98 Å². The van der Waals surface area contributed by atoms with Crippen LogP contribution in [0.25, 0.3) is 0 Å². The zero-order chi connectivity index (χ0) is 10.4. The Morgan fingerprint density at radius 1 is 1.57 bits per heavy atom. The van der Waals surface area contributed by atoms with E-state index < -0.39 is 0 Å². The van der Waals surface area contributed by atoms with E-state index in [1.54, 1.807) is 0 Å². The summed E-state index contributed by atoms with van der Waals surface area (Å²) in [6, 6.07) is 0.100. The molecule has 0 spiro atoms. The summed E-state index contributed by atoms with van der Waals surface area (Å²) in [5, 5.41) is 6.89. The smallest absolute Gasteiger partial charge is 0.243 e. The van der Waals surface area contributed by atoms with Crippen molar-refractivity contribution in [2.24, 2.45) is 0 Å². The lowest BCUT2D eigenvalue weighted by Crippen LogP contribution is -2.12. The Balaban J connectivity index is 2.42. The molecule has 1 aromatic rings. The van der Waals surface area contributed by atoms with E-state index in [2.05, 4.69) is 15.5 Å². The van der Waals surface area contributed by atoms with E-state index in [1.165, 1.54) is 0 Å². The minimum Gasteiger partial charge on any atom is -0.381 e. The van der Waals surface area contributed by atoms with Gasteiger partial charge in [0.05, 0.1) is 12.6 Å². The van der Waals surface area contributed by atoms with Crippen molar-refractivity contribution < 1.29 is 9.26 Å². The largest absolute Gasteiger partial charge is 0.381 e. The molecule has 1 N–H and O–H groups in total. The minimum absolute atomic E-state index is 0.100. The van der Waals surface area contributed by atoms with Crippen molar-refractivity contribution in [1.29, 1.82) is 0 Å². The quantitative estimate of drug-likeness (QED) is 0.690. The molecule has 0 bridgehead atoms. The number of hydrogen-bond donors (Lipinski definition) is 1. The number of hydrogen-bond acceptors (Lipinski definition) is 5. The molecular weight excluding hydrogens is 182 g/mol. The number of nitrogens with one attached hydrogen (secondary N) is 1. The van der Waals surface area contributed by atoms with Gasteiger partial charge in [0.1, 0.15) is 0 Å². The average molecular weight is 199 g/mol. The maximum absolute atomic E-state index is 5.20. The van der Waals surface area contributed by atoms with Gasteiger partial charge in [0, 0.05) is 13.0 Å². The van der Waals surface area contributed by atoms with E-state index in [4.69, 9.17) is 9.26 Å². The Hall–Kier alpha value is -0.940. The first-order valence-electron chi connectivity index (χ1n) is 4.85. The molecule has 1 heterocycles. The normalized spacial score (nSPS) is 13.1. The molecule has 1 atom stereocenters. The third-order valence-corrected chi connectivity index (χ3v) is 1.96. The van der Waals surface area contributed by atoms with Crippen molar-refractivity contribution in [2.75, 3.05) is 20.3 Å². The van der Waals surface area contributed by atoms with E-state index in [1.807, 2.05) is 20.9 Å². The van der Waals surface area contributed by atoms with Gasteiger partial charge in [-0.05, 0) is 20.9 Å². The predicted molar refractivity (Wildman–Crippen MR) is 52.0 cm³/mol. The monoisotopic (exact) mass is 199 g/mol. The minimum atomic E-state index is 0.100. The van der Waals surface area contributed by atoms with Crippen LogP contribution in [0.15, 0.2) is 4.52 Å². The second-order valence-electron chi connectivity index (χ2n) is 3.01. The van der Waals surface area contributed by atoms with Gasteiger partial charge < -0.3 is 14.6 Å². The van der Waals surface area contributed by atoms with Crippen molar-refractivity contribution in [1.82, 2.24) is 15.5 Å². The molecule has 1 unspecified atom stereocenters. The Morgan fingerprint density at radius 2 is 2.36 bits per heavy atom. The van der Waals surface area contributed by atoms with Crippen molar-refractivity contribution in [3.8, 4) is 0 Å². The van der Waals surface area contributed by atoms with Gasteiger partial charge in [0.25, 0.3) is 0 Å². The molecule has 0 aliphatic heterocycles. The number of ether oxygens (including phenoxy) is 1. The third kappa shape index (κ3) is 3.08. The van der Waals surface area contributed by atoms with Crippen LogP contribution < -0.4 is 5.32 Å². The number of rotatable bonds is 6. The van der Waals surface area contributed by atoms with Gasteiger partial charge in [-0.3, -0.25) is 0 Å². The van der Waals surface area contributed by atoms with E-state index >= 15 is 0 Å². The van der Waals surface area contributed by atoms with Crippen LogP contribution in [0.1, 0.15) is 31.6 Å². The van der Waals surface area contributed by atoms with Crippen molar-refractivity contribution in [2.45, 2.75) is 26.3 Å². The molecule has 0 saturated carbocycles. The molecule has 1 aromatic heterocycles. The second kappa shape index (κ2) is 5.72. The highest BCUT2D eigenvalue weighted by molar-refractivity contribution is 4.90. The van der Waals surface area contributed by atoms with E-state index in [0.717, 1.165) is 6.61 Å². The van der Waals surface area contributed by atoms with E-state index in [0.29, 0.717) is 24.7 Å². The fourth-order valence-corrected chi connectivity index (χ4v) is 0.976. The highest BCUT2D eigenvalue weighted by Gasteiger charge is 2.11. The van der Waals surface area contributed by atoms with Crippen molar-refractivity contribution >= 4 is 0 Å². The lowest BCUT2D eigenvalue weighted by Gasteiger charge is -2.01. The molecule has 0 aliphatic carbocycles. The molecule has 0 aromatic carbocycles. The fourth-order valence-electron chi connectivity index (χ4n) is 0.976. The predicted octanol–water partition coefficient (Wildman–Crippen LogP) is 0.929. The van der Waals surface area contributed by atoms with Crippen LogP contribution in [0, 0.1) is 0 Å². The lowest BCUT2D eigenvalue weighted by molar-refractivity contribution is 0.149. The molecule has 0 saturated heterocycles. The fraction of sp³-hybridized carbons (Fsp3) is 0.778. The van der Waals surface area contributed by atoms with Gasteiger partial charge >= 0.3 is 0 Å². The van der Waals surface area contributed by atoms with E-state index in [-0.39, 0.29) is 6.04 Å². The Bertz CT molecular complexity index is 262. The van der Waals surface area contributed by atoms with Crippen LogP contribution in [0.2, 0.25) is 0 Å². The third-order valence-electron chi connectivity index (χ3n) is 1.96. The molecule has 0 fully saturated rings. The molecule has 0 aliphatic rings. The maximum atomic E-state index is 5.20. The van der Waals surface area contributed by atoms with Gasteiger partial charge in [0.15, 0.2) is 5.82 Å². The molecule has 80 valence electrons. The van der Waals surface area contributed by atoms with Gasteiger partial charge in [-0.15, -0.1) is 0 Å². The van der Waals surface area contributed by atoms with Crippen LogP contribution in [0.3, 0.4) is 0 Å². The maximum Gasteiger partial charge on any atom is 0.243 e. The molecule has 5 nitrogen and oxygen atoms in total. The molecule has 0 amide bonds. The first-order chi connectivity index (χ1) is 6.77. The standard InChI is InChI=1S/C9H17N3O2/c1-4-13-6-5-8-11-9(14-12-8)7(2)10-3/h7,10H,4-6H2,1-3H3. The average Bonchev–Trinajstić information content (AvgIpc) is 2.66. The van der Waals surface area contributed by atoms with Gasteiger partial charge in [0.2, 0.25) is 5.89 Å². The number of nitrogens with zero attached hydrogens (tertiary/aromatic N) is 2. The molecule has 14 heavy (non-hydrogen) atoms. The molecular formula is C9H17N3O2. The Kier molecular flexibility index (Phi) is 4.55. The first-order valence-corrected chi connectivity index (χ1v) is 4.85. The number of aromatic nitrogens is 2. The van der Waals surface area contributed by atoms with E-state index in [9.17, 15) is 0 Å². The van der Waals surface area contributed by atoms with Crippen molar-refractivity contribution in [3.05, 3.63) is 11.7 Å². The first kappa shape index (κ1) is 11.1. The summed E-state index contributed by atoms with van der Waals surface area (Å²) < 4.78 is 10.3. The summed E-state index contributed by atoms with van der Waals surface area (Å²) >= 11 is 0. The molecule has 0 radical (unpaired) electrons. The van der Waals surface area contributed by atoms with Crippen molar-refractivity contribution in [3.63, 3.8) is 0 Å². The lowest BCUT2D eigenvalue weighted by atomic mass is 10.3. The van der Waals surface area contributed by atoms with Gasteiger partial charge in [-0.1, -0.05) is 5.16 Å². The second-order valence-corrected chi connectivity index (χ2v) is 3.01. The highest BCUT2D eigenvalue weighted by Crippen LogP contribution is 2.08. The Morgan fingerprint density at radius 3 is 3.00 bits per heavy atom. The Labute approximate surface area is 83.8 Å². The SMILES string of the molecule is CCOCCc1noc(C(C)NC)n1. The summed E-state index contributed by atoms with van der Waals surface area (Å²) in [5.74, 6) is 1.33. The molecule has 5 heteroatoms. The zero-order valence-electron chi connectivity index (χ0n) is 8.91. The van der Waals surface area contributed by atoms with Crippen LogP contribution in [0.4, 0.5) is 0 Å². The van der Waals surface area contributed by atoms with Crippen LogP contribution in [-0.4, -0.2) is 30.4 Å². The van der Waals surface area contributed by atoms with Gasteiger partial charge in [-0.25, -0.2) is 0 Å². The summed E-state index contributed by atoms with van der Waals surface area (Å²) in [6.45, 7) is 5.30. The van der Waals surface area contributed by atoms with Crippen LogP contribution >= 0.6 is 0 Å². The summed E-state index contributed by atoms with van der Waals surface area (Å²) in [6.07, 6.45) is 0.702. The van der Waals surface area contributed by atoms with Crippen LogP contribution in [0.5, 0.6) is 0 Å². The van der Waals surface area contributed by atoms with Crippen LogP contribution in [-0.2, 0) is 11.2 Å². The highest BCUT2D eigenvalue weighted by atomic mass is 16.5. The summed E-state index contributed by atoms with van der Waals surface area (Å²) in [7, 11) is 1.86. The summed E-state index contributed by atoms with van der Waals surface area (Å²) in [4.78, 5) is 4.23. The topological polar surface area (TPSA) is 60.2 Å². The zero-order valence-corrected chi connectivity index (χ0v) is 8.91. The molecule has 1 rings (SSSR count). The summed E-state index contributed by atoms with van der Waals surface area (Å²) in [5.41, 5.74) is 0.